The van der Waals surface area contributed by atoms with Crippen molar-refractivity contribution in [2.24, 2.45) is 0 Å². The van der Waals surface area contributed by atoms with E-state index >= 15 is 0 Å². The Morgan fingerprint density at radius 3 is 3.00 bits per heavy atom. The van der Waals surface area contributed by atoms with E-state index in [4.69, 9.17) is 16.3 Å². The minimum atomic E-state index is -0.324. The number of ether oxygens (including phenoxy) is 1. The lowest BCUT2D eigenvalue weighted by molar-refractivity contribution is -0.142. The zero-order valence-corrected chi connectivity index (χ0v) is 12.2. The second-order valence-electron chi connectivity index (χ2n) is 3.68. The Balaban J connectivity index is 2.47. The normalized spacial score (nSPS) is 10.9. The summed E-state index contributed by atoms with van der Waals surface area (Å²) in [5.74, 6) is -0.324. The Bertz CT molecular complexity index is 612. The van der Waals surface area contributed by atoms with E-state index in [0.717, 1.165) is 4.47 Å². The molecule has 0 saturated heterocycles. The van der Waals surface area contributed by atoms with E-state index in [9.17, 15) is 4.79 Å². The van der Waals surface area contributed by atoms with Crippen molar-refractivity contribution >= 4 is 39.1 Å². The Hall–Kier alpha value is -1.14. The van der Waals surface area contributed by atoms with Crippen molar-refractivity contribution in [2.75, 3.05) is 6.61 Å². The van der Waals surface area contributed by atoms with Crippen LogP contribution in [0.15, 0.2) is 10.7 Å². The number of fused-ring (bicyclic) bond motifs is 1. The molecular formula is C11H11BrClN3O2. The average Bonchev–Trinajstić information content (AvgIpc) is 2.67. The number of esters is 1. The SMILES string of the molecule is CCOC(=O)Cc1c(C)nc2c(Br)cnn2c1Cl. The summed E-state index contributed by atoms with van der Waals surface area (Å²) in [5.41, 5.74) is 1.96. The number of nitrogens with zero attached hydrogens (tertiary/aromatic N) is 3. The van der Waals surface area contributed by atoms with Crippen LogP contribution in [0.3, 0.4) is 0 Å². The van der Waals surface area contributed by atoms with Gasteiger partial charge in [-0.25, -0.2) is 9.50 Å². The predicted molar refractivity (Wildman–Crippen MR) is 70.8 cm³/mol. The molecule has 0 saturated carbocycles. The number of hydrogen-bond acceptors (Lipinski definition) is 4. The van der Waals surface area contributed by atoms with Gasteiger partial charge in [-0.15, -0.1) is 0 Å². The summed E-state index contributed by atoms with van der Waals surface area (Å²) in [6.07, 6.45) is 1.71. The molecule has 0 radical (unpaired) electrons. The molecule has 0 aliphatic heterocycles. The summed E-state index contributed by atoms with van der Waals surface area (Å²) in [7, 11) is 0. The van der Waals surface area contributed by atoms with Crippen LogP contribution in [0.4, 0.5) is 0 Å². The molecular weight excluding hydrogens is 321 g/mol. The van der Waals surface area contributed by atoms with E-state index < -0.39 is 0 Å². The van der Waals surface area contributed by atoms with Crippen LogP contribution >= 0.6 is 27.5 Å². The second-order valence-corrected chi connectivity index (χ2v) is 4.89. The Morgan fingerprint density at radius 1 is 1.61 bits per heavy atom. The lowest BCUT2D eigenvalue weighted by Gasteiger charge is -2.09. The smallest absolute Gasteiger partial charge is 0.310 e. The predicted octanol–water partition coefficient (Wildman–Crippen LogP) is 2.56. The van der Waals surface area contributed by atoms with Gasteiger partial charge < -0.3 is 4.74 Å². The minimum Gasteiger partial charge on any atom is -0.466 e. The van der Waals surface area contributed by atoms with Gasteiger partial charge in [0, 0.05) is 11.3 Å². The van der Waals surface area contributed by atoms with E-state index in [2.05, 4.69) is 26.0 Å². The van der Waals surface area contributed by atoms with E-state index in [-0.39, 0.29) is 12.4 Å². The third-order valence-corrected chi connectivity index (χ3v) is 3.42. The third-order valence-electron chi connectivity index (χ3n) is 2.47. The van der Waals surface area contributed by atoms with Crippen LogP contribution in [0, 0.1) is 6.92 Å². The molecule has 0 amide bonds. The molecule has 7 heteroatoms. The average molecular weight is 333 g/mol. The molecule has 0 bridgehead atoms. The zero-order valence-electron chi connectivity index (χ0n) is 9.91. The molecule has 0 unspecified atom stereocenters. The van der Waals surface area contributed by atoms with Crippen LogP contribution in [-0.2, 0) is 16.0 Å². The van der Waals surface area contributed by atoms with Gasteiger partial charge in [0.2, 0.25) is 0 Å². The summed E-state index contributed by atoms with van der Waals surface area (Å²) in [5, 5.41) is 4.48. The molecule has 96 valence electrons. The summed E-state index contributed by atoms with van der Waals surface area (Å²) < 4.78 is 7.16. The highest BCUT2D eigenvalue weighted by atomic mass is 79.9. The number of carbonyl (C=O) groups excluding carboxylic acids is 1. The molecule has 2 rings (SSSR count). The molecule has 0 atom stereocenters. The molecule has 0 N–H and O–H groups in total. The first kappa shape index (κ1) is 13.3. The van der Waals surface area contributed by atoms with Crippen molar-refractivity contribution in [1.82, 2.24) is 14.6 Å². The number of aryl methyl sites for hydroxylation is 1. The number of rotatable bonds is 3. The fourth-order valence-electron chi connectivity index (χ4n) is 1.63. The maximum absolute atomic E-state index is 11.5. The Morgan fingerprint density at radius 2 is 2.33 bits per heavy atom. The van der Waals surface area contributed by atoms with Gasteiger partial charge in [0.1, 0.15) is 5.15 Å². The fourth-order valence-corrected chi connectivity index (χ4v) is 2.30. The standard InChI is InChI=1S/C11H11BrClN3O2/c1-3-18-9(17)4-7-6(2)15-11-8(12)5-14-16(11)10(7)13/h5H,3-4H2,1-2H3. The molecule has 2 aromatic rings. The van der Waals surface area contributed by atoms with Crippen LogP contribution in [0.1, 0.15) is 18.2 Å². The summed E-state index contributed by atoms with van der Waals surface area (Å²) in [6, 6.07) is 0. The highest BCUT2D eigenvalue weighted by molar-refractivity contribution is 9.10. The summed E-state index contributed by atoms with van der Waals surface area (Å²) in [6.45, 7) is 3.91. The molecule has 5 nitrogen and oxygen atoms in total. The molecule has 0 fully saturated rings. The second kappa shape index (κ2) is 5.24. The molecule has 0 aliphatic carbocycles. The van der Waals surface area contributed by atoms with Gasteiger partial charge in [-0.3, -0.25) is 4.79 Å². The third kappa shape index (κ3) is 2.35. The highest BCUT2D eigenvalue weighted by Gasteiger charge is 2.17. The lowest BCUT2D eigenvalue weighted by Crippen LogP contribution is -2.11. The molecule has 0 aliphatic rings. The minimum absolute atomic E-state index is 0.0962. The molecule has 0 spiro atoms. The molecule has 2 aromatic heterocycles. The fraction of sp³-hybridized carbons (Fsp3) is 0.364. The van der Waals surface area contributed by atoms with Crippen molar-refractivity contribution in [2.45, 2.75) is 20.3 Å². The van der Waals surface area contributed by atoms with Gasteiger partial charge in [-0.05, 0) is 29.8 Å². The van der Waals surface area contributed by atoms with Gasteiger partial charge in [-0.2, -0.15) is 5.10 Å². The highest BCUT2D eigenvalue weighted by Crippen LogP contribution is 2.24. The van der Waals surface area contributed by atoms with Crippen molar-refractivity contribution < 1.29 is 9.53 Å². The Kier molecular flexibility index (Phi) is 3.87. The first-order valence-corrected chi connectivity index (χ1v) is 6.55. The maximum Gasteiger partial charge on any atom is 0.310 e. The van der Waals surface area contributed by atoms with Crippen LogP contribution in [0.25, 0.3) is 5.65 Å². The molecule has 18 heavy (non-hydrogen) atoms. The lowest BCUT2D eigenvalue weighted by atomic mass is 10.2. The first-order valence-electron chi connectivity index (χ1n) is 5.38. The van der Waals surface area contributed by atoms with Gasteiger partial charge in [0.05, 0.1) is 23.7 Å². The van der Waals surface area contributed by atoms with Crippen molar-refractivity contribution in [3.05, 3.63) is 27.1 Å². The zero-order chi connectivity index (χ0) is 13.3. The van der Waals surface area contributed by atoms with E-state index in [1.807, 2.05) is 0 Å². The van der Waals surface area contributed by atoms with Crippen LogP contribution in [-0.4, -0.2) is 27.2 Å². The largest absolute Gasteiger partial charge is 0.466 e. The summed E-state index contributed by atoms with van der Waals surface area (Å²) in [4.78, 5) is 15.9. The first-order chi connectivity index (χ1) is 8.54. The van der Waals surface area contributed by atoms with Crippen LogP contribution in [0.5, 0.6) is 0 Å². The maximum atomic E-state index is 11.5. The van der Waals surface area contributed by atoms with Crippen molar-refractivity contribution in [3.8, 4) is 0 Å². The topological polar surface area (TPSA) is 56.5 Å². The van der Waals surface area contributed by atoms with Crippen LogP contribution < -0.4 is 0 Å². The summed E-state index contributed by atoms with van der Waals surface area (Å²) >= 11 is 9.58. The van der Waals surface area contributed by atoms with Crippen molar-refractivity contribution in [1.29, 1.82) is 0 Å². The van der Waals surface area contributed by atoms with E-state index in [1.165, 1.54) is 4.52 Å². The quantitative estimate of drug-likeness (QED) is 0.640. The monoisotopic (exact) mass is 331 g/mol. The van der Waals surface area contributed by atoms with Crippen molar-refractivity contribution in [3.63, 3.8) is 0 Å². The molecule has 2 heterocycles. The number of halogens is 2. The molecule has 0 aromatic carbocycles. The number of hydrogen-bond donors (Lipinski definition) is 0. The van der Waals surface area contributed by atoms with Gasteiger partial charge in [0.25, 0.3) is 0 Å². The van der Waals surface area contributed by atoms with Gasteiger partial charge >= 0.3 is 5.97 Å². The Labute approximate surface area is 117 Å². The van der Waals surface area contributed by atoms with Gasteiger partial charge in [0.15, 0.2) is 5.65 Å². The number of carbonyl (C=O) groups is 1. The van der Waals surface area contributed by atoms with E-state index in [1.54, 1.807) is 20.0 Å². The van der Waals surface area contributed by atoms with Gasteiger partial charge in [-0.1, -0.05) is 11.6 Å². The van der Waals surface area contributed by atoms with E-state index in [0.29, 0.717) is 28.7 Å². The number of aromatic nitrogens is 3. The van der Waals surface area contributed by atoms with Crippen LogP contribution in [0.2, 0.25) is 5.15 Å².